The van der Waals surface area contributed by atoms with E-state index in [0.29, 0.717) is 6.04 Å². The molecule has 1 saturated carbocycles. The van der Waals surface area contributed by atoms with Gasteiger partial charge in [0.15, 0.2) is 0 Å². The number of hydrogen-bond donors (Lipinski definition) is 1. The molecule has 0 spiro atoms. The Labute approximate surface area is 151 Å². The van der Waals surface area contributed by atoms with E-state index in [-0.39, 0.29) is 0 Å². The predicted molar refractivity (Wildman–Crippen MR) is 102 cm³/mol. The van der Waals surface area contributed by atoms with Gasteiger partial charge in [-0.05, 0) is 48.6 Å². The van der Waals surface area contributed by atoms with Crippen LogP contribution in [-0.4, -0.2) is 31.1 Å². The van der Waals surface area contributed by atoms with Crippen molar-refractivity contribution < 1.29 is 4.74 Å². The molecule has 25 heavy (non-hydrogen) atoms. The third-order valence-corrected chi connectivity index (χ3v) is 5.57. The molecule has 1 N–H and O–H groups in total. The number of piperazine rings is 1. The molecule has 1 aliphatic carbocycles. The van der Waals surface area contributed by atoms with E-state index in [1.807, 2.05) is 30.3 Å². The monoisotopic (exact) mass is 336 g/mol. The summed E-state index contributed by atoms with van der Waals surface area (Å²) in [6.45, 7) is 4.49. The van der Waals surface area contributed by atoms with Crippen LogP contribution in [0.4, 0.5) is 0 Å². The summed E-state index contributed by atoms with van der Waals surface area (Å²) in [6, 6.07) is 19.4. The van der Waals surface area contributed by atoms with Crippen LogP contribution in [0.3, 0.4) is 0 Å². The largest absolute Gasteiger partial charge is 0.457 e. The molecular formula is C22H28N2O. The number of hydrogen-bond acceptors (Lipinski definition) is 3. The van der Waals surface area contributed by atoms with E-state index in [0.717, 1.165) is 43.6 Å². The summed E-state index contributed by atoms with van der Waals surface area (Å²) >= 11 is 0. The van der Waals surface area contributed by atoms with Crippen LogP contribution < -0.4 is 10.1 Å². The number of rotatable bonds is 5. The third-order valence-electron chi connectivity index (χ3n) is 5.57. The van der Waals surface area contributed by atoms with E-state index in [1.54, 1.807) is 0 Å². The summed E-state index contributed by atoms with van der Waals surface area (Å²) in [5, 5.41) is 3.49. The molecule has 2 fully saturated rings. The first-order valence-corrected chi connectivity index (χ1v) is 9.68. The van der Waals surface area contributed by atoms with Crippen molar-refractivity contribution in [2.75, 3.05) is 26.2 Å². The lowest BCUT2D eigenvalue weighted by Gasteiger charge is -2.38. The first-order valence-electron chi connectivity index (χ1n) is 9.68. The Bertz CT molecular complexity index is 661. The van der Waals surface area contributed by atoms with Gasteiger partial charge in [-0.1, -0.05) is 43.2 Å². The number of nitrogens with zero attached hydrogens (tertiary/aromatic N) is 1. The highest BCUT2D eigenvalue weighted by Crippen LogP contribution is 2.40. The van der Waals surface area contributed by atoms with Crippen molar-refractivity contribution >= 4 is 0 Å². The van der Waals surface area contributed by atoms with Crippen molar-refractivity contribution in [2.45, 2.75) is 31.7 Å². The highest BCUT2D eigenvalue weighted by Gasteiger charge is 2.32. The van der Waals surface area contributed by atoms with Gasteiger partial charge in [0, 0.05) is 32.2 Å². The van der Waals surface area contributed by atoms with Gasteiger partial charge in [-0.25, -0.2) is 0 Å². The second-order valence-electron chi connectivity index (χ2n) is 7.26. The summed E-state index contributed by atoms with van der Waals surface area (Å²) in [6.07, 6.45) is 5.48. The van der Waals surface area contributed by atoms with Gasteiger partial charge in [-0.3, -0.25) is 4.90 Å². The smallest absolute Gasteiger partial charge is 0.127 e. The third kappa shape index (κ3) is 4.05. The lowest BCUT2D eigenvalue weighted by Crippen LogP contribution is -2.46. The van der Waals surface area contributed by atoms with Crippen molar-refractivity contribution in [3.63, 3.8) is 0 Å². The number of ether oxygens (including phenoxy) is 1. The molecule has 3 nitrogen and oxygen atoms in total. The van der Waals surface area contributed by atoms with Crippen LogP contribution in [0, 0.1) is 5.92 Å². The number of benzene rings is 2. The van der Waals surface area contributed by atoms with E-state index < -0.39 is 0 Å². The normalized spacial score (nSPS) is 20.5. The maximum atomic E-state index is 6.09. The van der Waals surface area contributed by atoms with Crippen LogP contribution in [0.15, 0.2) is 54.6 Å². The molecule has 2 aromatic rings. The summed E-state index contributed by atoms with van der Waals surface area (Å²) in [7, 11) is 0. The molecule has 0 radical (unpaired) electrons. The van der Waals surface area contributed by atoms with Gasteiger partial charge in [0.25, 0.3) is 0 Å². The van der Waals surface area contributed by atoms with Crippen LogP contribution in [-0.2, 0) is 0 Å². The average Bonchev–Trinajstić information content (AvgIpc) is 3.18. The molecule has 2 aliphatic rings. The topological polar surface area (TPSA) is 24.5 Å². The molecule has 1 atom stereocenters. The van der Waals surface area contributed by atoms with Crippen molar-refractivity contribution in [1.82, 2.24) is 10.2 Å². The molecular weight excluding hydrogens is 308 g/mol. The Kier molecular flexibility index (Phi) is 5.34. The van der Waals surface area contributed by atoms with E-state index in [9.17, 15) is 0 Å². The Morgan fingerprint density at radius 2 is 1.60 bits per heavy atom. The molecule has 1 aliphatic heterocycles. The quantitative estimate of drug-likeness (QED) is 0.862. The van der Waals surface area contributed by atoms with Crippen molar-refractivity contribution in [3.8, 4) is 11.5 Å². The summed E-state index contributed by atoms with van der Waals surface area (Å²) in [5.74, 6) is 2.63. The highest BCUT2D eigenvalue weighted by atomic mass is 16.5. The fourth-order valence-electron chi connectivity index (χ4n) is 4.40. The fourth-order valence-corrected chi connectivity index (χ4v) is 4.40. The van der Waals surface area contributed by atoms with Gasteiger partial charge < -0.3 is 10.1 Å². The highest BCUT2D eigenvalue weighted by molar-refractivity contribution is 5.35. The molecule has 4 rings (SSSR count). The molecule has 0 aromatic heterocycles. The van der Waals surface area contributed by atoms with E-state index in [2.05, 4.69) is 34.5 Å². The Hall–Kier alpha value is -1.84. The minimum Gasteiger partial charge on any atom is -0.457 e. The van der Waals surface area contributed by atoms with Crippen molar-refractivity contribution in [2.24, 2.45) is 5.92 Å². The summed E-state index contributed by atoms with van der Waals surface area (Å²) < 4.78 is 6.09. The van der Waals surface area contributed by atoms with E-state index in [1.165, 1.54) is 31.2 Å². The maximum Gasteiger partial charge on any atom is 0.127 e. The number of para-hydroxylation sites is 1. The molecule has 132 valence electrons. The lowest BCUT2D eigenvalue weighted by atomic mass is 9.89. The zero-order valence-electron chi connectivity index (χ0n) is 14.9. The van der Waals surface area contributed by atoms with Crippen LogP contribution in [0.1, 0.15) is 37.3 Å². The lowest BCUT2D eigenvalue weighted by molar-refractivity contribution is 0.125. The van der Waals surface area contributed by atoms with E-state index >= 15 is 0 Å². The predicted octanol–water partition coefficient (Wildman–Crippen LogP) is 4.62. The Morgan fingerprint density at radius 3 is 2.36 bits per heavy atom. The van der Waals surface area contributed by atoms with Gasteiger partial charge in [0.2, 0.25) is 0 Å². The Balaban J connectivity index is 1.58. The summed E-state index contributed by atoms with van der Waals surface area (Å²) in [5.41, 5.74) is 1.42. The van der Waals surface area contributed by atoms with Gasteiger partial charge in [-0.15, -0.1) is 0 Å². The van der Waals surface area contributed by atoms with Crippen LogP contribution in [0.5, 0.6) is 11.5 Å². The standard InChI is InChI=1S/C22H28N2O/c1-2-10-20(11-3-1)25-21-12-6-9-19(17-21)22(18-7-4-5-8-18)24-15-13-23-14-16-24/h1-3,6,9-12,17-18,22-23H,4-5,7-8,13-16H2/t22-/m1/s1. The molecule has 3 heteroatoms. The molecule has 1 heterocycles. The molecule has 2 aromatic carbocycles. The first-order chi connectivity index (χ1) is 12.4. The van der Waals surface area contributed by atoms with Crippen molar-refractivity contribution in [1.29, 1.82) is 0 Å². The van der Waals surface area contributed by atoms with Crippen LogP contribution in [0.25, 0.3) is 0 Å². The molecule has 0 unspecified atom stereocenters. The van der Waals surface area contributed by atoms with Gasteiger partial charge in [0.05, 0.1) is 0 Å². The Morgan fingerprint density at radius 1 is 0.880 bits per heavy atom. The first kappa shape index (κ1) is 16.6. The SMILES string of the molecule is c1ccc(Oc2cccc([C@@H](C3CCCC3)N3CCNCC3)c2)cc1. The zero-order valence-corrected chi connectivity index (χ0v) is 14.9. The average molecular weight is 336 g/mol. The van der Waals surface area contributed by atoms with Crippen molar-refractivity contribution in [3.05, 3.63) is 60.2 Å². The minimum absolute atomic E-state index is 0.531. The second kappa shape index (κ2) is 8.03. The number of nitrogens with one attached hydrogen (secondary N) is 1. The van der Waals surface area contributed by atoms with Crippen LogP contribution >= 0.6 is 0 Å². The van der Waals surface area contributed by atoms with Gasteiger partial charge in [0.1, 0.15) is 11.5 Å². The van der Waals surface area contributed by atoms with Crippen LogP contribution in [0.2, 0.25) is 0 Å². The maximum absolute atomic E-state index is 6.09. The molecule has 0 amide bonds. The minimum atomic E-state index is 0.531. The molecule has 0 bridgehead atoms. The zero-order chi connectivity index (χ0) is 16.9. The summed E-state index contributed by atoms with van der Waals surface area (Å²) in [4.78, 5) is 2.69. The van der Waals surface area contributed by atoms with Gasteiger partial charge in [-0.2, -0.15) is 0 Å². The van der Waals surface area contributed by atoms with E-state index in [4.69, 9.17) is 4.74 Å². The second-order valence-corrected chi connectivity index (χ2v) is 7.26. The van der Waals surface area contributed by atoms with Gasteiger partial charge >= 0.3 is 0 Å². The fraction of sp³-hybridized carbons (Fsp3) is 0.455. The molecule has 1 saturated heterocycles.